The van der Waals surface area contributed by atoms with Crippen LogP contribution in [0, 0.1) is 0 Å². The number of anilines is 2. The minimum atomic E-state index is -3.57. The van der Waals surface area contributed by atoms with Gasteiger partial charge >= 0.3 is 0 Å². The zero-order valence-electron chi connectivity index (χ0n) is 13.4. The maximum atomic E-state index is 12.0. The summed E-state index contributed by atoms with van der Waals surface area (Å²) in [4.78, 5) is 22.4. The molecule has 0 aliphatic rings. The van der Waals surface area contributed by atoms with Crippen LogP contribution in [-0.2, 0) is 19.6 Å². The number of benzene rings is 1. The molecule has 0 aromatic heterocycles. The molecule has 128 valence electrons. The SMILES string of the molecule is CCCCC(=O)NCCS(=O)(=O)Nc1cccc(NC(C)=O)c1. The van der Waals surface area contributed by atoms with E-state index >= 15 is 0 Å². The van der Waals surface area contributed by atoms with Gasteiger partial charge in [0.2, 0.25) is 21.8 Å². The number of hydrogen-bond donors (Lipinski definition) is 3. The monoisotopic (exact) mass is 341 g/mol. The Morgan fingerprint density at radius 3 is 2.52 bits per heavy atom. The number of nitrogens with one attached hydrogen (secondary N) is 3. The van der Waals surface area contributed by atoms with Crippen molar-refractivity contribution >= 4 is 33.2 Å². The number of sulfonamides is 1. The van der Waals surface area contributed by atoms with E-state index in [0.29, 0.717) is 17.8 Å². The van der Waals surface area contributed by atoms with E-state index in [-0.39, 0.29) is 24.1 Å². The molecule has 0 saturated carbocycles. The van der Waals surface area contributed by atoms with E-state index in [1.165, 1.54) is 13.0 Å². The Kier molecular flexibility index (Phi) is 7.53. The molecule has 1 aromatic carbocycles. The lowest BCUT2D eigenvalue weighted by atomic mass is 10.2. The molecule has 0 spiro atoms. The van der Waals surface area contributed by atoms with Gasteiger partial charge in [-0.1, -0.05) is 19.4 Å². The van der Waals surface area contributed by atoms with Crippen LogP contribution < -0.4 is 15.4 Å². The molecule has 8 heteroatoms. The minimum absolute atomic E-state index is 0.0588. The van der Waals surface area contributed by atoms with E-state index < -0.39 is 10.0 Å². The minimum Gasteiger partial charge on any atom is -0.355 e. The number of amides is 2. The Hall–Kier alpha value is -2.09. The van der Waals surface area contributed by atoms with Crippen LogP contribution in [0.15, 0.2) is 24.3 Å². The van der Waals surface area contributed by atoms with Crippen molar-refractivity contribution < 1.29 is 18.0 Å². The molecule has 0 aliphatic carbocycles. The van der Waals surface area contributed by atoms with E-state index in [2.05, 4.69) is 15.4 Å². The van der Waals surface area contributed by atoms with Crippen molar-refractivity contribution in [1.82, 2.24) is 5.32 Å². The summed E-state index contributed by atoms with van der Waals surface area (Å²) in [5.41, 5.74) is 0.860. The summed E-state index contributed by atoms with van der Waals surface area (Å²) >= 11 is 0. The normalized spacial score (nSPS) is 10.9. The molecule has 0 atom stereocenters. The van der Waals surface area contributed by atoms with E-state index in [1.54, 1.807) is 18.2 Å². The maximum Gasteiger partial charge on any atom is 0.234 e. The molecular formula is C15H23N3O4S. The Morgan fingerprint density at radius 2 is 1.87 bits per heavy atom. The quantitative estimate of drug-likeness (QED) is 0.636. The highest BCUT2D eigenvalue weighted by atomic mass is 32.2. The second-order valence-electron chi connectivity index (χ2n) is 5.14. The molecule has 7 nitrogen and oxygen atoms in total. The number of carbonyl (C=O) groups excluding carboxylic acids is 2. The van der Waals surface area contributed by atoms with Gasteiger partial charge in [0, 0.05) is 25.6 Å². The second kappa shape index (κ2) is 9.14. The van der Waals surface area contributed by atoms with Crippen molar-refractivity contribution in [2.75, 3.05) is 22.3 Å². The van der Waals surface area contributed by atoms with Gasteiger partial charge in [0.15, 0.2) is 0 Å². The molecule has 23 heavy (non-hydrogen) atoms. The molecule has 0 radical (unpaired) electrons. The fourth-order valence-corrected chi connectivity index (χ4v) is 2.80. The third-order valence-corrected chi connectivity index (χ3v) is 4.19. The number of carbonyl (C=O) groups is 2. The van der Waals surface area contributed by atoms with E-state index in [0.717, 1.165) is 12.8 Å². The van der Waals surface area contributed by atoms with Gasteiger partial charge in [0.05, 0.1) is 11.4 Å². The number of hydrogen-bond acceptors (Lipinski definition) is 4. The zero-order valence-corrected chi connectivity index (χ0v) is 14.2. The number of rotatable bonds is 9. The smallest absolute Gasteiger partial charge is 0.234 e. The van der Waals surface area contributed by atoms with Gasteiger partial charge in [-0.15, -0.1) is 0 Å². The van der Waals surface area contributed by atoms with Crippen LogP contribution in [-0.4, -0.2) is 32.5 Å². The molecular weight excluding hydrogens is 318 g/mol. The first-order valence-electron chi connectivity index (χ1n) is 7.47. The third kappa shape index (κ3) is 8.20. The van der Waals surface area contributed by atoms with Gasteiger partial charge in [-0.2, -0.15) is 0 Å². The van der Waals surface area contributed by atoms with Crippen molar-refractivity contribution in [3.8, 4) is 0 Å². The first kappa shape index (κ1) is 19.0. The van der Waals surface area contributed by atoms with Crippen molar-refractivity contribution in [2.24, 2.45) is 0 Å². The zero-order chi connectivity index (χ0) is 17.3. The second-order valence-corrected chi connectivity index (χ2v) is 6.98. The van der Waals surface area contributed by atoms with Gasteiger partial charge in [-0.3, -0.25) is 14.3 Å². The summed E-state index contributed by atoms with van der Waals surface area (Å²) < 4.78 is 26.4. The molecule has 0 bridgehead atoms. The Bertz CT molecular complexity index is 644. The fourth-order valence-electron chi connectivity index (χ4n) is 1.84. The topological polar surface area (TPSA) is 104 Å². The maximum absolute atomic E-state index is 12.0. The highest BCUT2D eigenvalue weighted by Crippen LogP contribution is 2.16. The van der Waals surface area contributed by atoms with Crippen LogP contribution >= 0.6 is 0 Å². The lowest BCUT2D eigenvalue weighted by Gasteiger charge is -2.10. The molecule has 0 heterocycles. The van der Waals surface area contributed by atoms with E-state index in [4.69, 9.17) is 0 Å². The van der Waals surface area contributed by atoms with Crippen LogP contribution in [0.5, 0.6) is 0 Å². The molecule has 3 N–H and O–H groups in total. The summed E-state index contributed by atoms with van der Waals surface area (Å²) in [5.74, 6) is -0.593. The Morgan fingerprint density at radius 1 is 1.17 bits per heavy atom. The summed E-state index contributed by atoms with van der Waals surface area (Å²) in [6.45, 7) is 3.41. The van der Waals surface area contributed by atoms with Gasteiger partial charge in [-0.25, -0.2) is 8.42 Å². The lowest BCUT2D eigenvalue weighted by molar-refractivity contribution is -0.121. The van der Waals surface area contributed by atoms with Crippen LogP contribution in [0.2, 0.25) is 0 Å². The van der Waals surface area contributed by atoms with Gasteiger partial charge < -0.3 is 10.6 Å². The molecule has 0 aliphatic heterocycles. The van der Waals surface area contributed by atoms with Crippen LogP contribution in [0.1, 0.15) is 33.1 Å². The van der Waals surface area contributed by atoms with Crippen molar-refractivity contribution in [1.29, 1.82) is 0 Å². The predicted octanol–water partition coefficient (Wildman–Crippen LogP) is 1.69. The highest BCUT2D eigenvalue weighted by molar-refractivity contribution is 7.92. The molecule has 1 rings (SSSR count). The lowest BCUT2D eigenvalue weighted by Crippen LogP contribution is -2.31. The summed E-state index contributed by atoms with van der Waals surface area (Å²) in [7, 11) is -3.57. The van der Waals surface area contributed by atoms with E-state index in [1.807, 2.05) is 6.92 Å². The summed E-state index contributed by atoms with van der Waals surface area (Å²) in [6, 6.07) is 6.41. The van der Waals surface area contributed by atoms with Crippen molar-refractivity contribution in [2.45, 2.75) is 33.1 Å². The molecule has 1 aromatic rings. The van der Waals surface area contributed by atoms with Crippen molar-refractivity contribution in [3.05, 3.63) is 24.3 Å². The summed E-state index contributed by atoms with van der Waals surface area (Å²) in [5, 5.41) is 5.16. The highest BCUT2D eigenvalue weighted by Gasteiger charge is 2.11. The molecule has 0 saturated heterocycles. The molecule has 0 fully saturated rings. The average Bonchev–Trinajstić information content (AvgIpc) is 2.44. The molecule has 0 unspecified atom stereocenters. The van der Waals surface area contributed by atoms with Gasteiger partial charge in [0.1, 0.15) is 0 Å². The third-order valence-electron chi connectivity index (χ3n) is 2.91. The molecule has 2 amide bonds. The first-order chi connectivity index (χ1) is 10.8. The summed E-state index contributed by atoms with van der Waals surface area (Å²) in [6.07, 6.45) is 2.10. The van der Waals surface area contributed by atoms with E-state index in [9.17, 15) is 18.0 Å². The average molecular weight is 341 g/mol. The Labute approximate surface area is 136 Å². The Balaban J connectivity index is 2.51. The van der Waals surface area contributed by atoms with Crippen LogP contribution in [0.3, 0.4) is 0 Å². The van der Waals surface area contributed by atoms with Crippen LogP contribution in [0.25, 0.3) is 0 Å². The first-order valence-corrected chi connectivity index (χ1v) is 9.12. The fraction of sp³-hybridized carbons (Fsp3) is 0.467. The standard InChI is InChI=1S/C15H23N3O4S/c1-3-4-8-15(20)16-9-10-23(21,22)18-14-7-5-6-13(11-14)17-12(2)19/h5-7,11,18H,3-4,8-10H2,1-2H3,(H,16,20)(H,17,19). The predicted molar refractivity (Wildman–Crippen MR) is 90.7 cm³/mol. The largest absolute Gasteiger partial charge is 0.355 e. The number of unbranched alkanes of at least 4 members (excludes halogenated alkanes) is 1. The van der Waals surface area contributed by atoms with Gasteiger partial charge in [-0.05, 0) is 24.6 Å². The van der Waals surface area contributed by atoms with Gasteiger partial charge in [0.25, 0.3) is 0 Å². The van der Waals surface area contributed by atoms with Crippen LogP contribution in [0.4, 0.5) is 11.4 Å². The van der Waals surface area contributed by atoms with Crippen molar-refractivity contribution in [3.63, 3.8) is 0 Å².